The first-order valence-corrected chi connectivity index (χ1v) is 4.60. The van der Waals surface area contributed by atoms with Gasteiger partial charge in [-0.05, 0) is 13.3 Å². The fourth-order valence-electron chi connectivity index (χ4n) is 1.86. The first-order valence-electron chi connectivity index (χ1n) is 4.60. The van der Waals surface area contributed by atoms with Crippen molar-refractivity contribution < 1.29 is 9.59 Å². The number of amides is 3. The molecule has 1 unspecified atom stereocenters. The van der Waals surface area contributed by atoms with E-state index in [2.05, 4.69) is 5.43 Å². The van der Waals surface area contributed by atoms with Gasteiger partial charge in [0.05, 0.1) is 12.5 Å². The summed E-state index contributed by atoms with van der Waals surface area (Å²) >= 11 is 0. The van der Waals surface area contributed by atoms with E-state index in [1.165, 1.54) is 5.01 Å². The molecule has 0 saturated carbocycles. The standard InChI is InChI=1S/C8H13N3O2/c1-2-10-4-3-6-5-7(12)9-11(6)8(10)13/h6H,2-5H2,1H3,(H,9,12). The summed E-state index contributed by atoms with van der Waals surface area (Å²) in [7, 11) is 0. The number of urea groups is 1. The van der Waals surface area contributed by atoms with Crippen LogP contribution in [0.15, 0.2) is 0 Å². The molecule has 0 radical (unpaired) electrons. The molecule has 0 aliphatic carbocycles. The maximum Gasteiger partial charge on any atom is 0.338 e. The quantitative estimate of drug-likeness (QED) is 0.619. The lowest BCUT2D eigenvalue weighted by atomic mass is 10.1. The van der Waals surface area contributed by atoms with Crippen molar-refractivity contribution >= 4 is 11.9 Å². The molecule has 1 N–H and O–H groups in total. The second-order valence-electron chi connectivity index (χ2n) is 3.41. The Labute approximate surface area is 76.6 Å². The van der Waals surface area contributed by atoms with Gasteiger partial charge in [0.2, 0.25) is 5.91 Å². The van der Waals surface area contributed by atoms with E-state index < -0.39 is 0 Å². The highest BCUT2D eigenvalue weighted by molar-refractivity contribution is 5.86. The summed E-state index contributed by atoms with van der Waals surface area (Å²) < 4.78 is 0. The minimum absolute atomic E-state index is 0.0451. The molecule has 5 nitrogen and oxygen atoms in total. The fourth-order valence-corrected chi connectivity index (χ4v) is 1.86. The van der Waals surface area contributed by atoms with Crippen LogP contribution in [0.2, 0.25) is 0 Å². The van der Waals surface area contributed by atoms with E-state index in [9.17, 15) is 9.59 Å². The lowest BCUT2D eigenvalue weighted by Gasteiger charge is -2.35. The Bertz CT molecular complexity index is 254. The van der Waals surface area contributed by atoms with Gasteiger partial charge in [0, 0.05) is 13.1 Å². The number of carbonyl (C=O) groups is 2. The van der Waals surface area contributed by atoms with Gasteiger partial charge in [-0.15, -0.1) is 0 Å². The minimum Gasteiger partial charge on any atom is -0.323 e. The third-order valence-corrected chi connectivity index (χ3v) is 2.62. The predicted octanol–water partition coefficient (Wildman–Crippen LogP) is -0.0625. The molecule has 1 atom stereocenters. The Kier molecular flexibility index (Phi) is 1.86. The molecular weight excluding hydrogens is 170 g/mol. The van der Waals surface area contributed by atoms with Crippen LogP contribution in [0.25, 0.3) is 0 Å². The van der Waals surface area contributed by atoms with Crippen molar-refractivity contribution in [2.75, 3.05) is 13.1 Å². The number of hydrogen-bond donors (Lipinski definition) is 1. The van der Waals surface area contributed by atoms with Gasteiger partial charge in [-0.25, -0.2) is 9.80 Å². The van der Waals surface area contributed by atoms with E-state index in [0.29, 0.717) is 13.0 Å². The van der Waals surface area contributed by atoms with Crippen LogP contribution in [0.1, 0.15) is 19.8 Å². The third kappa shape index (κ3) is 1.24. The molecule has 72 valence electrons. The zero-order valence-electron chi connectivity index (χ0n) is 7.62. The largest absolute Gasteiger partial charge is 0.338 e. The van der Waals surface area contributed by atoms with Crippen LogP contribution in [-0.2, 0) is 4.79 Å². The van der Waals surface area contributed by atoms with Crippen molar-refractivity contribution in [3.8, 4) is 0 Å². The summed E-state index contributed by atoms with van der Waals surface area (Å²) in [4.78, 5) is 24.4. The van der Waals surface area contributed by atoms with E-state index in [1.54, 1.807) is 4.90 Å². The van der Waals surface area contributed by atoms with E-state index in [-0.39, 0.29) is 18.0 Å². The van der Waals surface area contributed by atoms with Crippen LogP contribution in [-0.4, -0.2) is 41.0 Å². The number of rotatable bonds is 1. The highest BCUT2D eigenvalue weighted by atomic mass is 16.2. The first-order chi connectivity index (χ1) is 6.22. The summed E-state index contributed by atoms with van der Waals surface area (Å²) in [5, 5.41) is 1.47. The number of hydrogen-bond acceptors (Lipinski definition) is 2. The zero-order chi connectivity index (χ0) is 9.42. The van der Waals surface area contributed by atoms with E-state index in [4.69, 9.17) is 0 Å². The van der Waals surface area contributed by atoms with Crippen LogP contribution in [0, 0.1) is 0 Å². The molecule has 2 aliphatic heterocycles. The van der Waals surface area contributed by atoms with Gasteiger partial charge in [0.1, 0.15) is 0 Å². The number of nitrogens with one attached hydrogen (secondary N) is 1. The lowest BCUT2D eigenvalue weighted by Crippen LogP contribution is -2.55. The van der Waals surface area contributed by atoms with Crippen LogP contribution in [0.3, 0.4) is 0 Å². The molecular formula is C8H13N3O2. The molecule has 2 saturated heterocycles. The van der Waals surface area contributed by atoms with Crippen LogP contribution < -0.4 is 5.43 Å². The van der Waals surface area contributed by atoms with Crippen molar-refractivity contribution in [1.29, 1.82) is 0 Å². The molecule has 5 heteroatoms. The second kappa shape index (κ2) is 2.90. The molecule has 0 aromatic carbocycles. The maximum atomic E-state index is 11.6. The van der Waals surface area contributed by atoms with Crippen LogP contribution >= 0.6 is 0 Å². The molecule has 0 spiro atoms. The Balaban J connectivity index is 2.12. The number of carbonyl (C=O) groups excluding carboxylic acids is 2. The summed E-state index contributed by atoms with van der Waals surface area (Å²) in [5.74, 6) is -0.0451. The van der Waals surface area contributed by atoms with E-state index in [1.807, 2.05) is 6.92 Å². The number of nitrogens with zero attached hydrogens (tertiary/aromatic N) is 2. The number of fused-ring (bicyclic) bond motifs is 1. The smallest absolute Gasteiger partial charge is 0.323 e. The Morgan fingerprint density at radius 2 is 2.31 bits per heavy atom. The summed E-state index contributed by atoms with van der Waals surface area (Å²) in [6.45, 7) is 3.42. The van der Waals surface area contributed by atoms with Crippen molar-refractivity contribution in [2.24, 2.45) is 0 Å². The van der Waals surface area contributed by atoms with Gasteiger partial charge >= 0.3 is 6.03 Å². The van der Waals surface area contributed by atoms with Crippen molar-refractivity contribution in [1.82, 2.24) is 15.3 Å². The normalized spacial score (nSPS) is 27.6. The Morgan fingerprint density at radius 1 is 1.54 bits per heavy atom. The topological polar surface area (TPSA) is 52.7 Å². The van der Waals surface area contributed by atoms with Crippen molar-refractivity contribution in [2.45, 2.75) is 25.8 Å². The molecule has 13 heavy (non-hydrogen) atoms. The van der Waals surface area contributed by atoms with Crippen LogP contribution in [0.4, 0.5) is 4.79 Å². The van der Waals surface area contributed by atoms with Crippen LogP contribution in [0.5, 0.6) is 0 Å². The minimum atomic E-state index is -0.0652. The molecule has 0 aromatic heterocycles. The fraction of sp³-hybridized carbons (Fsp3) is 0.750. The molecule has 3 amide bonds. The van der Waals surface area contributed by atoms with Gasteiger partial charge in [0.25, 0.3) is 0 Å². The summed E-state index contributed by atoms with van der Waals surface area (Å²) in [6, 6.07) is 0.0207. The molecule has 0 bridgehead atoms. The second-order valence-corrected chi connectivity index (χ2v) is 3.41. The molecule has 2 aliphatic rings. The van der Waals surface area contributed by atoms with E-state index >= 15 is 0 Å². The van der Waals surface area contributed by atoms with Gasteiger partial charge < -0.3 is 4.90 Å². The van der Waals surface area contributed by atoms with Crippen molar-refractivity contribution in [3.05, 3.63) is 0 Å². The zero-order valence-corrected chi connectivity index (χ0v) is 7.62. The van der Waals surface area contributed by atoms with Crippen molar-refractivity contribution in [3.63, 3.8) is 0 Å². The summed E-state index contributed by atoms with van der Waals surface area (Å²) in [5.41, 5.74) is 2.57. The lowest BCUT2D eigenvalue weighted by molar-refractivity contribution is -0.120. The highest BCUT2D eigenvalue weighted by Crippen LogP contribution is 2.20. The number of hydrazine groups is 1. The first kappa shape index (κ1) is 8.34. The molecule has 2 fully saturated rings. The Morgan fingerprint density at radius 3 is 3.00 bits per heavy atom. The van der Waals surface area contributed by atoms with E-state index in [0.717, 1.165) is 13.0 Å². The average Bonchev–Trinajstić information content (AvgIpc) is 2.47. The SMILES string of the molecule is CCN1CCC2CC(=O)NN2C1=O. The van der Waals surface area contributed by atoms with Gasteiger partial charge in [-0.2, -0.15) is 0 Å². The third-order valence-electron chi connectivity index (χ3n) is 2.62. The molecule has 0 aromatic rings. The molecule has 2 rings (SSSR count). The average molecular weight is 183 g/mol. The van der Waals surface area contributed by atoms with Gasteiger partial charge in [-0.1, -0.05) is 0 Å². The monoisotopic (exact) mass is 183 g/mol. The predicted molar refractivity (Wildman–Crippen MR) is 45.6 cm³/mol. The highest BCUT2D eigenvalue weighted by Gasteiger charge is 2.39. The summed E-state index contributed by atoms with van der Waals surface area (Å²) in [6.07, 6.45) is 1.35. The van der Waals surface area contributed by atoms with Gasteiger partial charge in [-0.3, -0.25) is 10.2 Å². The maximum absolute atomic E-state index is 11.6. The van der Waals surface area contributed by atoms with Gasteiger partial charge in [0.15, 0.2) is 0 Å². The Hall–Kier alpha value is -1.26. The molecule has 2 heterocycles.